The van der Waals surface area contributed by atoms with Crippen LogP contribution in [0.4, 0.5) is 0 Å². The molecule has 1 saturated heterocycles. The molecule has 1 aromatic carbocycles. The van der Waals surface area contributed by atoms with Crippen molar-refractivity contribution in [1.82, 2.24) is 0 Å². The van der Waals surface area contributed by atoms with E-state index in [1.165, 1.54) is 13.8 Å². The van der Waals surface area contributed by atoms with Crippen LogP contribution in [0.15, 0.2) is 35.2 Å². The van der Waals surface area contributed by atoms with Crippen LogP contribution in [0.25, 0.3) is 0 Å². The number of carbonyl (C=O) groups excluding carboxylic acids is 2. The van der Waals surface area contributed by atoms with E-state index in [0.717, 1.165) is 10.6 Å². The zero-order chi connectivity index (χ0) is 15.9. The largest absolute Gasteiger partial charge is 0.463 e. The molecular formula is C16H20O5S. The molecule has 0 bridgehead atoms. The zero-order valence-electron chi connectivity index (χ0n) is 12.7. The number of rotatable bonds is 6. The third kappa shape index (κ3) is 5.35. The van der Waals surface area contributed by atoms with E-state index in [2.05, 4.69) is 0 Å². The standard InChI is InChI=1S/C16H20O5S/c1-11(17)19-9-14-8-13(16(21-14)20-12(2)18)10-22-15-6-4-3-5-7-15/h3-7,13-14,16H,8-10H2,1-2H3/t13-,14-,16?/m0/s1. The van der Waals surface area contributed by atoms with Gasteiger partial charge in [0.1, 0.15) is 6.61 Å². The Morgan fingerprint density at radius 2 is 1.95 bits per heavy atom. The van der Waals surface area contributed by atoms with Gasteiger partial charge >= 0.3 is 11.9 Å². The SMILES string of the molecule is CC(=O)OC[C@@H]1C[C@@H](CSc2ccccc2)C(OC(C)=O)O1. The molecule has 1 aliphatic rings. The molecule has 6 heteroatoms. The molecule has 2 rings (SSSR count). The number of benzene rings is 1. The van der Waals surface area contributed by atoms with Gasteiger partial charge in [-0.25, -0.2) is 0 Å². The van der Waals surface area contributed by atoms with Crippen LogP contribution >= 0.6 is 11.8 Å². The summed E-state index contributed by atoms with van der Waals surface area (Å²) in [6, 6.07) is 10.0. The fourth-order valence-electron chi connectivity index (χ4n) is 2.28. The first kappa shape index (κ1) is 16.8. The molecule has 0 N–H and O–H groups in total. The van der Waals surface area contributed by atoms with Gasteiger partial charge in [0.15, 0.2) is 0 Å². The van der Waals surface area contributed by atoms with Gasteiger partial charge in [-0.3, -0.25) is 9.59 Å². The first-order valence-corrected chi connectivity index (χ1v) is 8.17. The van der Waals surface area contributed by atoms with Gasteiger partial charge in [-0.2, -0.15) is 0 Å². The highest BCUT2D eigenvalue weighted by atomic mass is 32.2. The van der Waals surface area contributed by atoms with Gasteiger partial charge in [-0.15, -0.1) is 11.8 Å². The summed E-state index contributed by atoms with van der Waals surface area (Å²) < 4.78 is 15.9. The van der Waals surface area contributed by atoms with Crippen LogP contribution in [0.3, 0.4) is 0 Å². The lowest BCUT2D eigenvalue weighted by Crippen LogP contribution is -2.24. The van der Waals surface area contributed by atoms with Crippen molar-refractivity contribution in [1.29, 1.82) is 0 Å². The summed E-state index contributed by atoms with van der Waals surface area (Å²) in [4.78, 5) is 23.2. The van der Waals surface area contributed by atoms with Crippen LogP contribution in [0.2, 0.25) is 0 Å². The van der Waals surface area contributed by atoms with Crippen molar-refractivity contribution in [3.8, 4) is 0 Å². The van der Waals surface area contributed by atoms with Crippen molar-refractivity contribution in [2.45, 2.75) is 37.6 Å². The number of thioether (sulfide) groups is 1. The van der Waals surface area contributed by atoms with Gasteiger partial charge in [0, 0.05) is 30.4 Å². The van der Waals surface area contributed by atoms with Crippen LogP contribution in [0.1, 0.15) is 20.3 Å². The van der Waals surface area contributed by atoms with Gasteiger partial charge in [0.2, 0.25) is 6.29 Å². The Bertz CT molecular complexity index is 505. The monoisotopic (exact) mass is 324 g/mol. The zero-order valence-corrected chi connectivity index (χ0v) is 13.5. The fourth-order valence-corrected chi connectivity index (χ4v) is 3.33. The summed E-state index contributed by atoms with van der Waals surface area (Å²) in [7, 11) is 0. The third-order valence-corrected chi connectivity index (χ3v) is 4.44. The maximum absolute atomic E-state index is 11.2. The lowest BCUT2D eigenvalue weighted by atomic mass is 10.1. The molecule has 1 aliphatic heterocycles. The first-order chi connectivity index (χ1) is 10.5. The van der Waals surface area contributed by atoms with Crippen molar-refractivity contribution in [3.63, 3.8) is 0 Å². The van der Waals surface area contributed by atoms with E-state index in [-0.39, 0.29) is 30.6 Å². The van der Waals surface area contributed by atoms with Crippen molar-refractivity contribution in [3.05, 3.63) is 30.3 Å². The molecule has 0 aliphatic carbocycles. The first-order valence-electron chi connectivity index (χ1n) is 7.18. The van der Waals surface area contributed by atoms with Gasteiger partial charge < -0.3 is 14.2 Å². The number of hydrogen-bond donors (Lipinski definition) is 0. The molecule has 1 fully saturated rings. The van der Waals surface area contributed by atoms with E-state index in [9.17, 15) is 9.59 Å². The third-order valence-electron chi connectivity index (χ3n) is 3.24. The maximum atomic E-state index is 11.2. The Kier molecular flexibility index (Phi) is 6.27. The normalized spacial score (nSPS) is 24.0. The van der Waals surface area contributed by atoms with E-state index in [0.29, 0.717) is 6.42 Å². The average Bonchev–Trinajstić information content (AvgIpc) is 2.85. The summed E-state index contributed by atoms with van der Waals surface area (Å²) in [5.74, 6) is 0.149. The molecule has 3 atom stereocenters. The minimum Gasteiger partial charge on any atom is -0.463 e. The van der Waals surface area contributed by atoms with E-state index >= 15 is 0 Å². The number of esters is 2. The van der Waals surface area contributed by atoms with Crippen molar-refractivity contribution in [2.24, 2.45) is 5.92 Å². The van der Waals surface area contributed by atoms with Gasteiger partial charge in [0.25, 0.3) is 0 Å². The molecule has 1 unspecified atom stereocenters. The summed E-state index contributed by atoms with van der Waals surface area (Å²) in [5.41, 5.74) is 0. The number of ether oxygens (including phenoxy) is 3. The summed E-state index contributed by atoms with van der Waals surface area (Å²) >= 11 is 1.70. The van der Waals surface area contributed by atoms with Gasteiger partial charge in [-0.05, 0) is 18.6 Å². The Morgan fingerprint density at radius 1 is 1.23 bits per heavy atom. The molecule has 0 radical (unpaired) electrons. The molecule has 0 amide bonds. The van der Waals surface area contributed by atoms with E-state index in [1.54, 1.807) is 11.8 Å². The van der Waals surface area contributed by atoms with Crippen LogP contribution in [-0.4, -0.2) is 36.7 Å². The predicted octanol–water partition coefficient (Wildman–Crippen LogP) is 2.64. The lowest BCUT2D eigenvalue weighted by Gasteiger charge is -2.17. The van der Waals surface area contributed by atoms with E-state index < -0.39 is 6.29 Å². The molecule has 1 heterocycles. The molecule has 0 saturated carbocycles. The fraction of sp³-hybridized carbons (Fsp3) is 0.500. The lowest BCUT2D eigenvalue weighted by molar-refractivity contribution is -0.182. The highest BCUT2D eigenvalue weighted by Crippen LogP contribution is 2.33. The second-order valence-electron chi connectivity index (χ2n) is 5.16. The molecule has 120 valence electrons. The van der Waals surface area contributed by atoms with Crippen LogP contribution in [-0.2, 0) is 23.8 Å². The number of hydrogen-bond acceptors (Lipinski definition) is 6. The van der Waals surface area contributed by atoms with Crippen LogP contribution < -0.4 is 0 Å². The molecular weight excluding hydrogens is 304 g/mol. The Balaban J connectivity index is 1.90. The minimum atomic E-state index is -0.575. The molecule has 0 spiro atoms. The maximum Gasteiger partial charge on any atom is 0.304 e. The average molecular weight is 324 g/mol. The second kappa shape index (κ2) is 8.19. The predicted molar refractivity (Wildman–Crippen MR) is 82.3 cm³/mol. The molecule has 0 aromatic heterocycles. The highest BCUT2D eigenvalue weighted by molar-refractivity contribution is 7.99. The number of carbonyl (C=O) groups is 2. The second-order valence-corrected chi connectivity index (χ2v) is 6.25. The van der Waals surface area contributed by atoms with Crippen molar-refractivity contribution >= 4 is 23.7 Å². The highest BCUT2D eigenvalue weighted by Gasteiger charge is 2.37. The molecule has 1 aromatic rings. The molecule has 5 nitrogen and oxygen atoms in total. The Hall–Kier alpha value is -1.53. The Morgan fingerprint density at radius 3 is 2.59 bits per heavy atom. The van der Waals surface area contributed by atoms with Crippen molar-refractivity contribution in [2.75, 3.05) is 12.4 Å². The van der Waals surface area contributed by atoms with Crippen molar-refractivity contribution < 1.29 is 23.8 Å². The smallest absolute Gasteiger partial charge is 0.304 e. The summed E-state index contributed by atoms with van der Waals surface area (Å²) in [6.07, 6.45) is -0.102. The van der Waals surface area contributed by atoms with E-state index in [1.807, 2.05) is 30.3 Å². The van der Waals surface area contributed by atoms with Gasteiger partial charge in [0.05, 0.1) is 6.10 Å². The quantitative estimate of drug-likeness (QED) is 0.592. The minimum absolute atomic E-state index is 0.0784. The Labute approximate surface area is 134 Å². The molecule has 22 heavy (non-hydrogen) atoms. The van der Waals surface area contributed by atoms with E-state index in [4.69, 9.17) is 14.2 Å². The van der Waals surface area contributed by atoms with Gasteiger partial charge in [-0.1, -0.05) is 18.2 Å². The van der Waals surface area contributed by atoms with Crippen LogP contribution in [0.5, 0.6) is 0 Å². The summed E-state index contributed by atoms with van der Waals surface area (Å²) in [5, 5.41) is 0. The summed E-state index contributed by atoms with van der Waals surface area (Å²) in [6.45, 7) is 2.92. The topological polar surface area (TPSA) is 61.8 Å². The van der Waals surface area contributed by atoms with Crippen LogP contribution in [0, 0.1) is 5.92 Å².